The van der Waals surface area contributed by atoms with Crippen LogP contribution in [-0.4, -0.2) is 79.6 Å². The molecule has 1 rings (SSSR count). The molecule has 13 nitrogen and oxygen atoms in total. The molecule has 0 aliphatic carbocycles. The standard InChI is InChI=1S/C15H23N3O10S2/c19-8-5-16-15(20)13-11-12(18(21)22)3-4-14(13)17(6-1-9-29(23,24)25)7-2-10-30(26,27)28/h3-4,11,19H,1-2,5-10H2,(H,16,20)(H,23,24,25)(H,26,27,28). The largest absolute Gasteiger partial charge is 0.395 e. The van der Waals surface area contributed by atoms with E-state index in [1.165, 1.54) is 11.0 Å². The van der Waals surface area contributed by atoms with E-state index in [4.69, 9.17) is 14.2 Å². The number of nitro groups is 1. The van der Waals surface area contributed by atoms with Crippen molar-refractivity contribution < 1.29 is 40.8 Å². The molecule has 0 atom stereocenters. The number of non-ortho nitro benzene ring substituents is 1. The number of aliphatic hydroxyl groups is 1. The SMILES string of the molecule is O=C(NCCO)c1cc([N+](=O)[O-])ccc1N(CCCS(=O)(=O)O)CCCS(=O)(=O)O. The number of nitro benzene ring substituents is 1. The van der Waals surface area contributed by atoms with E-state index in [9.17, 15) is 31.7 Å². The molecule has 15 heteroatoms. The van der Waals surface area contributed by atoms with E-state index in [0.717, 1.165) is 12.1 Å². The van der Waals surface area contributed by atoms with Gasteiger partial charge in [-0.15, -0.1) is 0 Å². The normalized spacial score (nSPS) is 11.8. The topological polar surface area (TPSA) is 204 Å². The number of rotatable bonds is 13. The molecule has 0 fully saturated rings. The Kier molecular flexibility index (Phi) is 9.57. The zero-order valence-corrected chi connectivity index (χ0v) is 17.4. The third-order valence-electron chi connectivity index (χ3n) is 3.83. The van der Waals surface area contributed by atoms with Gasteiger partial charge in [-0.25, -0.2) is 0 Å². The minimum absolute atomic E-state index is 0.0383. The van der Waals surface area contributed by atoms with Gasteiger partial charge in [-0.2, -0.15) is 16.8 Å². The average molecular weight is 469 g/mol. The van der Waals surface area contributed by atoms with Gasteiger partial charge in [0.2, 0.25) is 0 Å². The lowest BCUT2D eigenvalue weighted by atomic mass is 10.1. The summed E-state index contributed by atoms with van der Waals surface area (Å²) in [6, 6.07) is 3.38. The van der Waals surface area contributed by atoms with Crippen LogP contribution in [0.1, 0.15) is 23.2 Å². The fourth-order valence-corrected chi connectivity index (χ4v) is 3.58. The number of carbonyl (C=O) groups is 1. The van der Waals surface area contributed by atoms with Crippen molar-refractivity contribution in [2.45, 2.75) is 12.8 Å². The smallest absolute Gasteiger partial charge is 0.270 e. The van der Waals surface area contributed by atoms with Crippen LogP contribution in [-0.2, 0) is 20.2 Å². The van der Waals surface area contributed by atoms with Crippen LogP contribution in [0.3, 0.4) is 0 Å². The van der Waals surface area contributed by atoms with E-state index in [0.29, 0.717) is 0 Å². The minimum Gasteiger partial charge on any atom is -0.395 e. The Morgan fingerprint density at radius 3 is 2.03 bits per heavy atom. The lowest BCUT2D eigenvalue weighted by Gasteiger charge is -2.26. The van der Waals surface area contributed by atoms with Gasteiger partial charge >= 0.3 is 0 Å². The summed E-state index contributed by atoms with van der Waals surface area (Å²) in [6.45, 7) is -0.568. The molecular formula is C15H23N3O10S2. The van der Waals surface area contributed by atoms with E-state index >= 15 is 0 Å². The number of aliphatic hydroxyl groups excluding tert-OH is 1. The first-order chi connectivity index (χ1) is 13.8. The van der Waals surface area contributed by atoms with Gasteiger partial charge < -0.3 is 15.3 Å². The maximum atomic E-state index is 12.4. The summed E-state index contributed by atoms with van der Waals surface area (Å²) >= 11 is 0. The predicted molar refractivity (Wildman–Crippen MR) is 107 cm³/mol. The van der Waals surface area contributed by atoms with E-state index in [1.807, 2.05) is 0 Å². The summed E-state index contributed by atoms with van der Waals surface area (Å²) in [5.74, 6) is -1.93. The zero-order chi connectivity index (χ0) is 22.9. The summed E-state index contributed by atoms with van der Waals surface area (Å²) in [7, 11) is -8.52. The van der Waals surface area contributed by atoms with E-state index in [-0.39, 0.29) is 56.0 Å². The van der Waals surface area contributed by atoms with Crippen molar-refractivity contribution >= 4 is 37.5 Å². The molecule has 0 radical (unpaired) electrons. The summed E-state index contributed by atoms with van der Waals surface area (Å²) in [5, 5.41) is 22.3. The maximum Gasteiger partial charge on any atom is 0.270 e. The van der Waals surface area contributed by atoms with Crippen LogP contribution in [0.4, 0.5) is 11.4 Å². The highest BCUT2D eigenvalue weighted by Crippen LogP contribution is 2.26. The molecule has 0 saturated carbocycles. The van der Waals surface area contributed by atoms with Crippen molar-refractivity contribution in [1.29, 1.82) is 0 Å². The molecule has 1 aromatic carbocycles. The van der Waals surface area contributed by atoms with Crippen molar-refractivity contribution in [2.24, 2.45) is 0 Å². The predicted octanol–water partition coefficient (Wildman–Crippen LogP) is -0.321. The first kappa shape index (κ1) is 25.7. The second-order valence-electron chi connectivity index (χ2n) is 6.20. The van der Waals surface area contributed by atoms with Crippen LogP contribution >= 0.6 is 0 Å². The number of benzene rings is 1. The summed E-state index contributed by atoms with van der Waals surface area (Å²) in [4.78, 5) is 24.2. The molecular weight excluding hydrogens is 446 g/mol. The van der Waals surface area contributed by atoms with Crippen LogP contribution in [0.15, 0.2) is 18.2 Å². The third kappa shape index (κ3) is 9.45. The quantitative estimate of drug-likeness (QED) is 0.167. The highest BCUT2D eigenvalue weighted by Gasteiger charge is 2.21. The van der Waals surface area contributed by atoms with E-state index in [1.54, 1.807) is 0 Å². The lowest BCUT2D eigenvalue weighted by molar-refractivity contribution is -0.384. The summed E-state index contributed by atoms with van der Waals surface area (Å²) in [5.41, 5.74) is -0.373. The second-order valence-corrected chi connectivity index (χ2v) is 9.35. The van der Waals surface area contributed by atoms with Gasteiger partial charge in [0.15, 0.2) is 0 Å². The van der Waals surface area contributed by atoms with Crippen LogP contribution in [0.2, 0.25) is 0 Å². The lowest BCUT2D eigenvalue weighted by Crippen LogP contribution is -2.33. The Morgan fingerprint density at radius 1 is 1.07 bits per heavy atom. The molecule has 0 bridgehead atoms. The molecule has 1 aromatic rings. The highest BCUT2D eigenvalue weighted by molar-refractivity contribution is 7.86. The molecule has 170 valence electrons. The average Bonchev–Trinajstić information content (AvgIpc) is 2.62. The van der Waals surface area contributed by atoms with Crippen LogP contribution in [0.5, 0.6) is 0 Å². The molecule has 0 saturated heterocycles. The van der Waals surface area contributed by atoms with Crippen molar-refractivity contribution in [3.05, 3.63) is 33.9 Å². The van der Waals surface area contributed by atoms with Gasteiger partial charge in [0, 0.05) is 31.8 Å². The minimum atomic E-state index is -4.26. The molecule has 0 heterocycles. The molecule has 30 heavy (non-hydrogen) atoms. The fourth-order valence-electron chi connectivity index (χ4n) is 2.59. The summed E-state index contributed by atoms with van der Waals surface area (Å²) in [6.07, 6.45) is -0.168. The number of anilines is 1. The Labute approximate surface area is 173 Å². The fraction of sp³-hybridized carbons (Fsp3) is 0.533. The number of carbonyl (C=O) groups excluding carboxylic acids is 1. The van der Waals surface area contributed by atoms with Gasteiger partial charge in [-0.1, -0.05) is 0 Å². The Morgan fingerprint density at radius 2 is 1.60 bits per heavy atom. The van der Waals surface area contributed by atoms with Crippen molar-refractivity contribution in [1.82, 2.24) is 5.32 Å². The van der Waals surface area contributed by atoms with E-state index in [2.05, 4.69) is 5.32 Å². The molecule has 0 unspecified atom stereocenters. The monoisotopic (exact) mass is 469 g/mol. The third-order valence-corrected chi connectivity index (χ3v) is 5.44. The second kappa shape index (κ2) is 11.2. The van der Waals surface area contributed by atoms with Gasteiger partial charge in [0.1, 0.15) is 0 Å². The molecule has 0 aliphatic heterocycles. The maximum absolute atomic E-state index is 12.4. The van der Waals surface area contributed by atoms with Crippen molar-refractivity contribution in [3.63, 3.8) is 0 Å². The Hall–Kier alpha value is -2.33. The molecule has 1 amide bonds. The van der Waals surface area contributed by atoms with E-state index < -0.39 is 42.6 Å². The van der Waals surface area contributed by atoms with Gasteiger partial charge in [-0.3, -0.25) is 24.0 Å². The van der Waals surface area contributed by atoms with Gasteiger partial charge in [-0.05, 0) is 18.9 Å². The molecule has 0 aromatic heterocycles. The number of nitrogens with zero attached hydrogens (tertiary/aromatic N) is 2. The van der Waals surface area contributed by atoms with Crippen LogP contribution in [0.25, 0.3) is 0 Å². The first-order valence-electron chi connectivity index (χ1n) is 8.67. The highest BCUT2D eigenvalue weighted by atomic mass is 32.2. The van der Waals surface area contributed by atoms with Crippen LogP contribution in [0, 0.1) is 10.1 Å². The van der Waals surface area contributed by atoms with Gasteiger partial charge in [0.05, 0.1) is 34.3 Å². The zero-order valence-electron chi connectivity index (χ0n) is 15.8. The first-order valence-corrected chi connectivity index (χ1v) is 11.9. The summed E-state index contributed by atoms with van der Waals surface area (Å²) < 4.78 is 61.7. The molecule has 0 spiro atoms. The number of hydrogen-bond acceptors (Lipinski definition) is 9. The Bertz CT molecular complexity index is 925. The number of amides is 1. The Balaban J connectivity index is 3.25. The van der Waals surface area contributed by atoms with Crippen LogP contribution < -0.4 is 10.2 Å². The van der Waals surface area contributed by atoms with Crippen molar-refractivity contribution in [2.75, 3.05) is 42.6 Å². The van der Waals surface area contributed by atoms with Crippen molar-refractivity contribution in [3.8, 4) is 0 Å². The number of hydrogen-bond donors (Lipinski definition) is 4. The van der Waals surface area contributed by atoms with Gasteiger partial charge in [0.25, 0.3) is 31.8 Å². The number of nitrogens with one attached hydrogen (secondary N) is 1. The molecule has 4 N–H and O–H groups in total. The molecule has 0 aliphatic rings.